The zero-order chi connectivity index (χ0) is 19.6. The van der Waals surface area contributed by atoms with Crippen LogP contribution in [0.2, 0.25) is 5.02 Å². The zero-order valence-electron chi connectivity index (χ0n) is 15.2. The molecule has 1 amide bonds. The summed E-state index contributed by atoms with van der Waals surface area (Å²) >= 11 is 12.8. The van der Waals surface area contributed by atoms with Gasteiger partial charge in [-0.2, -0.15) is 0 Å². The van der Waals surface area contributed by atoms with Crippen LogP contribution in [0.25, 0.3) is 6.08 Å². The topological polar surface area (TPSA) is 32.8 Å². The van der Waals surface area contributed by atoms with Crippen molar-refractivity contribution in [2.24, 2.45) is 0 Å². The first kappa shape index (κ1) is 19.7. The molecule has 27 heavy (non-hydrogen) atoms. The first-order valence-corrected chi connectivity index (χ1v) is 9.98. The zero-order valence-corrected chi connectivity index (χ0v) is 17.6. The van der Waals surface area contributed by atoms with Crippen LogP contribution in [0.1, 0.15) is 12.5 Å². The maximum atomic E-state index is 13.0. The van der Waals surface area contributed by atoms with Gasteiger partial charge in [0.05, 0.1) is 17.2 Å². The first-order chi connectivity index (χ1) is 12.9. The van der Waals surface area contributed by atoms with Crippen LogP contribution in [-0.2, 0) is 4.79 Å². The molecule has 0 aromatic heterocycles. The second-order valence-electron chi connectivity index (χ2n) is 6.04. The molecule has 0 saturated carbocycles. The molecule has 0 atom stereocenters. The Balaban J connectivity index is 1.92. The van der Waals surface area contributed by atoms with Gasteiger partial charge in [0.15, 0.2) is 4.32 Å². The van der Waals surface area contributed by atoms with Crippen molar-refractivity contribution < 1.29 is 9.53 Å². The van der Waals surface area contributed by atoms with E-state index in [0.717, 1.165) is 16.9 Å². The SMILES string of the molecule is CCOc1ccc(Cl)cc1/C=C1/SC(=S)N(c2ccc(N(C)C)cc2)C1=O. The summed E-state index contributed by atoms with van der Waals surface area (Å²) in [5.74, 6) is 0.535. The minimum absolute atomic E-state index is 0.148. The van der Waals surface area contributed by atoms with Crippen LogP contribution < -0.4 is 14.5 Å². The maximum Gasteiger partial charge on any atom is 0.270 e. The number of hydrogen-bond acceptors (Lipinski definition) is 5. The van der Waals surface area contributed by atoms with E-state index in [2.05, 4.69) is 0 Å². The molecule has 1 heterocycles. The summed E-state index contributed by atoms with van der Waals surface area (Å²) in [7, 11) is 3.94. The van der Waals surface area contributed by atoms with Crippen molar-refractivity contribution in [1.29, 1.82) is 0 Å². The van der Waals surface area contributed by atoms with Gasteiger partial charge in [0.2, 0.25) is 0 Å². The lowest BCUT2D eigenvalue weighted by atomic mass is 10.1. The third-order valence-electron chi connectivity index (χ3n) is 3.98. The minimum atomic E-state index is -0.148. The van der Waals surface area contributed by atoms with Crippen LogP contribution >= 0.6 is 35.6 Å². The highest BCUT2D eigenvalue weighted by atomic mass is 35.5. The van der Waals surface area contributed by atoms with E-state index in [1.54, 1.807) is 29.2 Å². The van der Waals surface area contributed by atoms with E-state index in [4.69, 9.17) is 28.6 Å². The van der Waals surface area contributed by atoms with Crippen LogP contribution in [0.5, 0.6) is 5.75 Å². The first-order valence-electron chi connectivity index (χ1n) is 8.38. The minimum Gasteiger partial charge on any atom is -0.493 e. The van der Waals surface area contributed by atoms with Crippen molar-refractivity contribution >= 4 is 63.3 Å². The Labute approximate surface area is 173 Å². The predicted molar refractivity (Wildman–Crippen MR) is 119 cm³/mol. The summed E-state index contributed by atoms with van der Waals surface area (Å²) in [4.78, 5) is 17.1. The number of hydrogen-bond donors (Lipinski definition) is 0. The van der Waals surface area contributed by atoms with Crippen molar-refractivity contribution in [2.45, 2.75) is 6.92 Å². The Morgan fingerprint density at radius 2 is 1.93 bits per heavy atom. The Kier molecular flexibility index (Phi) is 6.09. The fourth-order valence-electron chi connectivity index (χ4n) is 2.65. The van der Waals surface area contributed by atoms with Gasteiger partial charge in [0.1, 0.15) is 5.75 Å². The Hall–Kier alpha value is -2.02. The lowest BCUT2D eigenvalue weighted by molar-refractivity contribution is -0.113. The van der Waals surface area contributed by atoms with Gasteiger partial charge in [-0.3, -0.25) is 9.69 Å². The normalized spacial score (nSPS) is 15.6. The van der Waals surface area contributed by atoms with Crippen LogP contribution in [0.3, 0.4) is 0 Å². The molecule has 2 aromatic rings. The number of rotatable bonds is 5. The fraction of sp³-hybridized carbons (Fsp3) is 0.200. The summed E-state index contributed by atoms with van der Waals surface area (Å²) in [5, 5.41) is 0.583. The summed E-state index contributed by atoms with van der Waals surface area (Å²) in [6, 6.07) is 13.1. The quantitative estimate of drug-likeness (QED) is 0.491. The second kappa shape index (κ2) is 8.33. The third-order valence-corrected chi connectivity index (χ3v) is 5.51. The summed E-state index contributed by atoms with van der Waals surface area (Å²) < 4.78 is 6.14. The average molecular weight is 419 g/mol. The number of thioether (sulfide) groups is 1. The number of ether oxygens (including phenoxy) is 1. The van der Waals surface area contributed by atoms with Gasteiger partial charge in [0.25, 0.3) is 5.91 Å². The Morgan fingerprint density at radius 3 is 2.56 bits per heavy atom. The number of halogens is 1. The number of carbonyl (C=O) groups is 1. The largest absolute Gasteiger partial charge is 0.493 e. The highest BCUT2D eigenvalue weighted by molar-refractivity contribution is 8.27. The molecule has 1 saturated heterocycles. The summed E-state index contributed by atoms with van der Waals surface area (Å²) in [6.45, 7) is 2.44. The van der Waals surface area contributed by atoms with Gasteiger partial charge in [-0.1, -0.05) is 35.6 Å². The highest BCUT2D eigenvalue weighted by Crippen LogP contribution is 2.38. The molecule has 0 spiro atoms. The van der Waals surface area contributed by atoms with Gasteiger partial charge < -0.3 is 9.64 Å². The van der Waals surface area contributed by atoms with Gasteiger partial charge in [-0.25, -0.2) is 0 Å². The molecule has 1 aliphatic heterocycles. The van der Waals surface area contributed by atoms with Crippen molar-refractivity contribution in [2.75, 3.05) is 30.5 Å². The molecule has 0 unspecified atom stereocenters. The smallest absolute Gasteiger partial charge is 0.270 e. The van der Waals surface area contributed by atoms with E-state index in [1.807, 2.05) is 50.2 Å². The van der Waals surface area contributed by atoms with E-state index >= 15 is 0 Å². The van der Waals surface area contributed by atoms with Crippen LogP contribution in [-0.4, -0.2) is 30.9 Å². The van der Waals surface area contributed by atoms with E-state index in [9.17, 15) is 4.79 Å². The van der Waals surface area contributed by atoms with Crippen LogP contribution in [0.4, 0.5) is 11.4 Å². The fourth-order valence-corrected chi connectivity index (χ4v) is 4.12. The third kappa shape index (κ3) is 4.29. The average Bonchev–Trinajstić information content (AvgIpc) is 2.91. The molecule has 2 aromatic carbocycles. The molecule has 0 aliphatic carbocycles. The number of amides is 1. The number of anilines is 2. The lowest BCUT2D eigenvalue weighted by Crippen LogP contribution is -2.27. The molecule has 0 N–H and O–H groups in total. The molecule has 1 aliphatic rings. The molecular weight excluding hydrogens is 400 g/mol. The number of nitrogens with zero attached hydrogens (tertiary/aromatic N) is 2. The van der Waals surface area contributed by atoms with E-state index < -0.39 is 0 Å². The summed E-state index contributed by atoms with van der Waals surface area (Å²) in [5.41, 5.74) is 2.57. The number of benzene rings is 2. The Morgan fingerprint density at radius 1 is 1.22 bits per heavy atom. The molecule has 1 fully saturated rings. The summed E-state index contributed by atoms with van der Waals surface area (Å²) in [6.07, 6.45) is 1.78. The van der Waals surface area contributed by atoms with E-state index in [-0.39, 0.29) is 5.91 Å². The molecule has 0 bridgehead atoms. The monoisotopic (exact) mass is 418 g/mol. The molecule has 7 heteroatoms. The van der Waals surface area contributed by atoms with Gasteiger partial charge >= 0.3 is 0 Å². The van der Waals surface area contributed by atoms with Gasteiger partial charge in [-0.05, 0) is 55.5 Å². The molecular formula is C20H19ClN2O2S2. The standard InChI is InChI=1S/C20H19ClN2O2S2/c1-4-25-17-10-5-14(21)11-13(17)12-18-19(24)23(20(26)27-18)16-8-6-15(7-9-16)22(2)3/h5-12H,4H2,1-3H3/b18-12+. The van der Waals surface area contributed by atoms with Crippen molar-refractivity contribution in [3.8, 4) is 5.75 Å². The number of carbonyl (C=O) groups excluding carboxylic acids is 1. The maximum absolute atomic E-state index is 13.0. The molecule has 3 rings (SSSR count). The van der Waals surface area contributed by atoms with E-state index in [0.29, 0.717) is 26.6 Å². The Bertz CT molecular complexity index is 911. The van der Waals surface area contributed by atoms with Crippen molar-refractivity contribution in [3.63, 3.8) is 0 Å². The predicted octanol–water partition coefficient (Wildman–Crippen LogP) is 5.21. The molecule has 0 radical (unpaired) electrons. The molecule has 140 valence electrons. The van der Waals surface area contributed by atoms with Crippen molar-refractivity contribution in [1.82, 2.24) is 0 Å². The van der Waals surface area contributed by atoms with Crippen molar-refractivity contribution in [3.05, 3.63) is 58.0 Å². The van der Waals surface area contributed by atoms with Gasteiger partial charge in [0, 0.05) is 30.4 Å². The second-order valence-corrected chi connectivity index (χ2v) is 8.16. The lowest BCUT2D eigenvalue weighted by Gasteiger charge is -2.17. The molecule has 4 nitrogen and oxygen atoms in total. The number of thiocarbonyl (C=S) groups is 1. The highest BCUT2D eigenvalue weighted by Gasteiger charge is 2.33. The van der Waals surface area contributed by atoms with Crippen LogP contribution in [0.15, 0.2) is 47.4 Å². The van der Waals surface area contributed by atoms with Gasteiger partial charge in [-0.15, -0.1) is 0 Å². The van der Waals surface area contributed by atoms with Crippen LogP contribution in [0, 0.1) is 0 Å². The van der Waals surface area contributed by atoms with E-state index in [1.165, 1.54) is 11.8 Å².